The Bertz CT molecular complexity index is 1250. The number of halogens is 1. The van der Waals surface area contributed by atoms with E-state index in [2.05, 4.69) is 0 Å². The number of carbonyl (C=O) groups is 1. The number of anilines is 1. The van der Waals surface area contributed by atoms with E-state index in [1.165, 1.54) is 39.5 Å². The number of sulfone groups is 1. The van der Waals surface area contributed by atoms with Crippen molar-refractivity contribution in [1.82, 2.24) is 4.31 Å². The molecule has 4 rings (SSSR count). The maximum Gasteiger partial charge on any atom is 0.258 e. The summed E-state index contributed by atoms with van der Waals surface area (Å²) in [4.78, 5) is 14.8. The van der Waals surface area contributed by atoms with E-state index in [-0.39, 0.29) is 29.3 Å². The zero-order valence-corrected chi connectivity index (χ0v) is 19.3. The molecule has 170 valence electrons. The lowest BCUT2D eigenvalue weighted by atomic mass is 10.1. The molecule has 11 heteroatoms. The van der Waals surface area contributed by atoms with E-state index >= 15 is 0 Å². The third kappa shape index (κ3) is 4.74. The second kappa shape index (κ2) is 8.95. The molecule has 2 aromatic carbocycles. The smallest absolute Gasteiger partial charge is 0.258 e. The Kier molecular flexibility index (Phi) is 6.42. The maximum absolute atomic E-state index is 13.4. The van der Waals surface area contributed by atoms with Crippen molar-refractivity contribution < 1.29 is 26.4 Å². The molecular weight excluding hydrogens is 476 g/mol. The minimum Gasteiger partial charge on any atom is -0.379 e. The predicted molar refractivity (Wildman–Crippen MR) is 121 cm³/mol. The molecule has 0 bridgehead atoms. The number of carbonyl (C=O) groups excluding carboxylic acids is 1. The van der Waals surface area contributed by atoms with Crippen LogP contribution < -0.4 is 4.90 Å². The van der Waals surface area contributed by atoms with Crippen LogP contribution in [0, 0.1) is 0 Å². The number of hydrogen-bond acceptors (Lipinski definition) is 6. The first-order chi connectivity index (χ1) is 15.2. The number of benzene rings is 2. The van der Waals surface area contributed by atoms with Gasteiger partial charge in [-0.15, -0.1) is 0 Å². The van der Waals surface area contributed by atoms with Gasteiger partial charge in [0.2, 0.25) is 10.0 Å². The van der Waals surface area contributed by atoms with Crippen LogP contribution in [0.1, 0.15) is 10.4 Å². The van der Waals surface area contributed by atoms with E-state index in [1.807, 2.05) is 0 Å². The molecule has 0 spiro atoms. The molecule has 2 heterocycles. The minimum atomic E-state index is -3.69. The Morgan fingerprint density at radius 1 is 1.09 bits per heavy atom. The lowest BCUT2D eigenvalue weighted by Crippen LogP contribution is -2.41. The Balaban J connectivity index is 1.65. The molecule has 1 atom stereocenters. The third-order valence-electron chi connectivity index (χ3n) is 5.26. The van der Waals surface area contributed by atoms with Crippen molar-refractivity contribution in [3.63, 3.8) is 0 Å². The van der Waals surface area contributed by atoms with Crippen LogP contribution in [-0.2, 0) is 24.6 Å². The van der Waals surface area contributed by atoms with Gasteiger partial charge in [-0.2, -0.15) is 4.31 Å². The molecule has 2 aliphatic heterocycles. The average Bonchev–Trinajstić information content (AvgIpc) is 3.13. The van der Waals surface area contributed by atoms with E-state index in [0.29, 0.717) is 23.9 Å². The molecule has 0 radical (unpaired) electrons. The van der Waals surface area contributed by atoms with Gasteiger partial charge in [0, 0.05) is 34.8 Å². The Morgan fingerprint density at radius 3 is 2.38 bits per heavy atom. The van der Waals surface area contributed by atoms with Crippen molar-refractivity contribution in [2.75, 3.05) is 37.0 Å². The minimum absolute atomic E-state index is 0.0774. The Labute approximate surface area is 192 Å². The summed E-state index contributed by atoms with van der Waals surface area (Å²) in [6.07, 6.45) is 1.46. The van der Waals surface area contributed by atoms with Crippen molar-refractivity contribution >= 4 is 43.1 Å². The highest BCUT2D eigenvalue weighted by Gasteiger charge is 2.33. The molecule has 1 amide bonds. The Morgan fingerprint density at radius 2 is 1.78 bits per heavy atom. The molecule has 0 unspecified atom stereocenters. The number of amides is 1. The first-order valence-corrected chi connectivity index (χ1v) is 13.4. The van der Waals surface area contributed by atoms with Crippen LogP contribution in [0.3, 0.4) is 0 Å². The summed E-state index contributed by atoms with van der Waals surface area (Å²) >= 11 is 6.09. The number of ether oxygens (including phenoxy) is 1. The van der Waals surface area contributed by atoms with Crippen LogP contribution >= 0.6 is 11.6 Å². The van der Waals surface area contributed by atoms with Crippen molar-refractivity contribution in [2.45, 2.75) is 10.9 Å². The summed E-state index contributed by atoms with van der Waals surface area (Å²) in [7, 11) is -7.11. The van der Waals surface area contributed by atoms with E-state index in [4.69, 9.17) is 16.3 Å². The molecule has 32 heavy (non-hydrogen) atoms. The topological polar surface area (TPSA) is 101 Å². The van der Waals surface area contributed by atoms with E-state index in [1.54, 1.807) is 24.3 Å². The zero-order valence-electron chi connectivity index (χ0n) is 16.9. The van der Waals surface area contributed by atoms with E-state index in [9.17, 15) is 21.6 Å². The van der Waals surface area contributed by atoms with Gasteiger partial charge in [-0.1, -0.05) is 17.7 Å². The first kappa shape index (κ1) is 22.9. The number of nitrogens with zero attached hydrogens (tertiary/aromatic N) is 2. The Hall–Kier alpha value is -2.24. The van der Waals surface area contributed by atoms with Gasteiger partial charge >= 0.3 is 0 Å². The van der Waals surface area contributed by atoms with Crippen molar-refractivity contribution in [2.24, 2.45) is 0 Å². The number of hydrogen-bond donors (Lipinski definition) is 0. The van der Waals surface area contributed by atoms with Gasteiger partial charge in [0.25, 0.3) is 5.91 Å². The van der Waals surface area contributed by atoms with Crippen LogP contribution in [0.25, 0.3) is 0 Å². The SMILES string of the molecule is O=C(c1ccc(S(=O)(=O)N2CCOCC2)cc1)N(c1cccc(Cl)c1)[C@H]1C=CS(=O)(=O)C1. The largest absolute Gasteiger partial charge is 0.379 e. The summed E-state index contributed by atoms with van der Waals surface area (Å²) in [6.45, 7) is 1.21. The van der Waals surface area contributed by atoms with Gasteiger partial charge in [-0.25, -0.2) is 16.8 Å². The standard InChI is InChI=1S/C21H21ClN2O6S2/c22-17-2-1-3-18(14-17)24(19-8-13-31(26,27)15-19)21(25)16-4-6-20(7-5-16)32(28,29)23-9-11-30-12-10-23/h1-8,13-14,19H,9-12,15H2/t19-/m0/s1. The lowest BCUT2D eigenvalue weighted by molar-refractivity contribution is 0.0730. The maximum atomic E-state index is 13.4. The summed E-state index contributed by atoms with van der Waals surface area (Å²) in [5, 5.41) is 1.50. The van der Waals surface area contributed by atoms with E-state index in [0.717, 1.165) is 5.41 Å². The second-order valence-corrected chi connectivity index (χ2v) is 11.7. The highest BCUT2D eigenvalue weighted by Crippen LogP contribution is 2.28. The summed E-state index contributed by atoms with van der Waals surface area (Å²) in [5.41, 5.74) is 0.669. The number of rotatable bonds is 5. The summed E-state index contributed by atoms with van der Waals surface area (Å²) in [6, 6.07) is 11.5. The molecule has 0 saturated carbocycles. The van der Waals surface area contributed by atoms with Crippen LogP contribution in [0.2, 0.25) is 5.02 Å². The molecular formula is C21H21ClN2O6S2. The monoisotopic (exact) mass is 496 g/mol. The van der Waals surface area contributed by atoms with Crippen molar-refractivity contribution in [3.05, 3.63) is 70.6 Å². The number of morpholine rings is 1. The molecule has 8 nitrogen and oxygen atoms in total. The van der Waals surface area contributed by atoms with Crippen LogP contribution in [0.15, 0.2) is 64.9 Å². The van der Waals surface area contributed by atoms with Gasteiger partial charge in [-0.3, -0.25) is 4.79 Å². The van der Waals surface area contributed by atoms with Crippen molar-refractivity contribution in [1.29, 1.82) is 0 Å². The fourth-order valence-corrected chi connectivity index (χ4v) is 6.51. The zero-order chi connectivity index (χ0) is 22.9. The second-order valence-electron chi connectivity index (χ2n) is 7.42. The first-order valence-electron chi connectivity index (χ1n) is 9.85. The summed E-state index contributed by atoms with van der Waals surface area (Å²) < 4.78 is 56.2. The molecule has 0 N–H and O–H groups in total. The molecule has 0 aromatic heterocycles. The predicted octanol–water partition coefficient (Wildman–Crippen LogP) is 2.32. The van der Waals surface area contributed by atoms with Gasteiger partial charge in [0.1, 0.15) is 0 Å². The molecule has 0 aliphatic carbocycles. The molecule has 2 aliphatic rings. The fourth-order valence-electron chi connectivity index (χ4n) is 3.65. The lowest BCUT2D eigenvalue weighted by Gasteiger charge is -2.28. The molecule has 1 saturated heterocycles. The fraction of sp³-hybridized carbons (Fsp3) is 0.286. The highest BCUT2D eigenvalue weighted by atomic mass is 35.5. The van der Waals surface area contributed by atoms with Crippen LogP contribution in [-0.4, -0.2) is 65.1 Å². The highest BCUT2D eigenvalue weighted by molar-refractivity contribution is 7.94. The van der Waals surface area contributed by atoms with Crippen LogP contribution in [0.4, 0.5) is 5.69 Å². The number of sulfonamides is 1. The molecule has 1 fully saturated rings. The van der Waals surface area contributed by atoms with Gasteiger partial charge < -0.3 is 9.64 Å². The van der Waals surface area contributed by atoms with Crippen molar-refractivity contribution in [3.8, 4) is 0 Å². The van der Waals surface area contributed by atoms with E-state index < -0.39 is 31.8 Å². The van der Waals surface area contributed by atoms with Gasteiger partial charge in [0.05, 0.1) is 29.9 Å². The molecule has 2 aromatic rings. The van der Waals surface area contributed by atoms with Gasteiger partial charge in [-0.05, 0) is 48.5 Å². The van der Waals surface area contributed by atoms with Crippen LogP contribution in [0.5, 0.6) is 0 Å². The summed E-state index contributed by atoms with van der Waals surface area (Å²) in [5.74, 6) is -0.705. The van der Waals surface area contributed by atoms with Gasteiger partial charge in [0.15, 0.2) is 9.84 Å². The quantitative estimate of drug-likeness (QED) is 0.629. The third-order valence-corrected chi connectivity index (χ3v) is 8.78. The normalized spacial score (nSPS) is 20.8. The average molecular weight is 497 g/mol.